The van der Waals surface area contributed by atoms with Crippen LogP contribution in [0.1, 0.15) is 24.8 Å². The first-order valence-corrected chi connectivity index (χ1v) is 10.0. The Bertz CT molecular complexity index is 825. The second-order valence-electron chi connectivity index (χ2n) is 7.29. The van der Waals surface area contributed by atoms with Gasteiger partial charge in [0.2, 0.25) is 5.91 Å². The van der Waals surface area contributed by atoms with Gasteiger partial charge in [-0.15, -0.1) is 11.3 Å². The van der Waals surface area contributed by atoms with Gasteiger partial charge in [0.1, 0.15) is 0 Å². The van der Waals surface area contributed by atoms with Gasteiger partial charge in [0.25, 0.3) is 0 Å². The van der Waals surface area contributed by atoms with Gasteiger partial charge in [-0.1, -0.05) is 13.8 Å². The van der Waals surface area contributed by atoms with E-state index >= 15 is 0 Å². The Morgan fingerprint density at radius 2 is 1.85 bits per heavy atom. The summed E-state index contributed by atoms with van der Waals surface area (Å²) in [6.07, 6.45) is 0. The number of benzene rings is 1. The largest absolute Gasteiger partial charge is 0.376 e. The van der Waals surface area contributed by atoms with E-state index in [0.717, 1.165) is 20.9 Å². The molecule has 1 aliphatic heterocycles. The number of fused-ring (bicyclic) bond motifs is 1. The molecule has 0 bridgehead atoms. The SMILES string of the molecule is CC(C)c1nc2ccc(NCC(=O)N3CCN(C(=O)N(C)C)CC3)cc2s1. The third-order valence-corrected chi connectivity index (χ3v) is 5.95. The van der Waals surface area contributed by atoms with Gasteiger partial charge in [-0.25, -0.2) is 9.78 Å². The van der Waals surface area contributed by atoms with Crippen LogP contribution in [0.2, 0.25) is 0 Å². The number of carbonyl (C=O) groups is 2. The van der Waals surface area contributed by atoms with Gasteiger partial charge < -0.3 is 20.0 Å². The summed E-state index contributed by atoms with van der Waals surface area (Å²) in [7, 11) is 3.49. The summed E-state index contributed by atoms with van der Waals surface area (Å²) in [4.78, 5) is 34.2. The molecular weight excluding hydrogens is 362 g/mol. The highest BCUT2D eigenvalue weighted by Crippen LogP contribution is 2.29. The van der Waals surface area contributed by atoms with E-state index in [0.29, 0.717) is 32.1 Å². The molecule has 1 saturated heterocycles. The fourth-order valence-corrected chi connectivity index (χ4v) is 4.03. The van der Waals surface area contributed by atoms with Crippen LogP contribution >= 0.6 is 11.3 Å². The van der Waals surface area contributed by atoms with Crippen molar-refractivity contribution in [3.8, 4) is 0 Å². The van der Waals surface area contributed by atoms with Gasteiger partial charge >= 0.3 is 6.03 Å². The first kappa shape index (κ1) is 19.4. The maximum Gasteiger partial charge on any atom is 0.319 e. The molecule has 2 heterocycles. The standard InChI is InChI=1S/C19H27N5O2S/c1-13(2)18-21-15-6-5-14(11-16(15)27-18)20-12-17(25)23-7-9-24(10-8-23)19(26)22(3)4/h5-6,11,13,20H,7-10,12H2,1-4H3. The first-order chi connectivity index (χ1) is 12.8. The van der Waals surface area contributed by atoms with E-state index < -0.39 is 0 Å². The molecule has 0 saturated carbocycles. The van der Waals surface area contributed by atoms with Gasteiger partial charge in [-0.05, 0) is 18.2 Å². The van der Waals surface area contributed by atoms with Crippen molar-refractivity contribution in [1.29, 1.82) is 0 Å². The molecular formula is C19H27N5O2S. The summed E-state index contributed by atoms with van der Waals surface area (Å²) in [5, 5.41) is 4.35. The Morgan fingerprint density at radius 1 is 1.19 bits per heavy atom. The number of thiazole rings is 1. The maximum absolute atomic E-state index is 12.5. The molecule has 1 fully saturated rings. The summed E-state index contributed by atoms with van der Waals surface area (Å²) < 4.78 is 1.13. The summed E-state index contributed by atoms with van der Waals surface area (Å²) >= 11 is 1.70. The Balaban J connectivity index is 1.53. The van der Waals surface area contributed by atoms with Crippen molar-refractivity contribution < 1.29 is 9.59 Å². The van der Waals surface area contributed by atoms with Crippen molar-refractivity contribution in [3.63, 3.8) is 0 Å². The number of aromatic nitrogens is 1. The van der Waals surface area contributed by atoms with E-state index in [-0.39, 0.29) is 18.5 Å². The number of carbonyl (C=O) groups excluding carboxylic acids is 2. The lowest BCUT2D eigenvalue weighted by Crippen LogP contribution is -2.53. The number of rotatable bonds is 4. The molecule has 0 unspecified atom stereocenters. The van der Waals surface area contributed by atoms with Crippen molar-refractivity contribution >= 4 is 39.2 Å². The average molecular weight is 390 g/mol. The first-order valence-electron chi connectivity index (χ1n) is 9.23. The number of piperazine rings is 1. The van der Waals surface area contributed by atoms with E-state index in [4.69, 9.17) is 0 Å². The number of urea groups is 1. The van der Waals surface area contributed by atoms with Crippen molar-refractivity contribution in [2.24, 2.45) is 0 Å². The zero-order valence-corrected chi connectivity index (χ0v) is 17.2. The Kier molecular flexibility index (Phi) is 5.84. The maximum atomic E-state index is 12.5. The highest BCUT2D eigenvalue weighted by atomic mass is 32.1. The van der Waals surface area contributed by atoms with Crippen LogP contribution in [0.25, 0.3) is 10.2 Å². The fraction of sp³-hybridized carbons (Fsp3) is 0.526. The molecule has 0 spiro atoms. The molecule has 8 heteroatoms. The summed E-state index contributed by atoms with van der Waals surface area (Å²) in [5.74, 6) is 0.470. The molecule has 7 nitrogen and oxygen atoms in total. The summed E-state index contributed by atoms with van der Waals surface area (Å²) in [6.45, 7) is 6.84. The quantitative estimate of drug-likeness (QED) is 0.873. The monoisotopic (exact) mass is 389 g/mol. The zero-order chi connectivity index (χ0) is 19.6. The number of nitrogens with one attached hydrogen (secondary N) is 1. The van der Waals surface area contributed by atoms with Gasteiger partial charge in [-0.2, -0.15) is 0 Å². The molecule has 1 aliphatic rings. The van der Waals surface area contributed by atoms with Gasteiger partial charge in [0, 0.05) is 51.9 Å². The predicted octanol–water partition coefficient (Wildman–Crippen LogP) is 2.66. The minimum Gasteiger partial charge on any atom is -0.376 e. The van der Waals surface area contributed by atoms with Crippen LogP contribution in [0.3, 0.4) is 0 Å². The molecule has 27 heavy (non-hydrogen) atoms. The second kappa shape index (κ2) is 8.12. The van der Waals surface area contributed by atoms with E-state index in [9.17, 15) is 9.59 Å². The minimum atomic E-state index is -0.00106. The predicted molar refractivity (Wildman–Crippen MR) is 109 cm³/mol. The van der Waals surface area contributed by atoms with Crippen LogP contribution in [0.5, 0.6) is 0 Å². The summed E-state index contributed by atoms with van der Waals surface area (Å²) in [5.41, 5.74) is 1.93. The molecule has 1 aromatic carbocycles. The van der Waals surface area contributed by atoms with Gasteiger partial charge in [-0.3, -0.25) is 4.79 Å². The third-order valence-electron chi connectivity index (χ3n) is 4.63. The molecule has 3 rings (SSSR count). The highest BCUT2D eigenvalue weighted by molar-refractivity contribution is 7.18. The molecule has 0 radical (unpaired) electrons. The van der Waals surface area contributed by atoms with E-state index in [2.05, 4.69) is 30.2 Å². The van der Waals surface area contributed by atoms with Gasteiger partial charge in [0.15, 0.2) is 0 Å². The lowest BCUT2D eigenvalue weighted by atomic mass is 10.2. The smallest absolute Gasteiger partial charge is 0.319 e. The van der Waals surface area contributed by atoms with Crippen LogP contribution in [0, 0.1) is 0 Å². The lowest BCUT2D eigenvalue weighted by molar-refractivity contribution is -0.130. The zero-order valence-electron chi connectivity index (χ0n) is 16.4. The van der Waals surface area contributed by atoms with Crippen LogP contribution in [0.4, 0.5) is 10.5 Å². The Labute approximate surface area is 163 Å². The molecule has 3 amide bonds. The van der Waals surface area contributed by atoms with Crippen molar-refractivity contribution in [1.82, 2.24) is 19.7 Å². The topological polar surface area (TPSA) is 68.8 Å². The van der Waals surface area contributed by atoms with Crippen LogP contribution in [0.15, 0.2) is 18.2 Å². The number of nitrogens with zero attached hydrogens (tertiary/aromatic N) is 4. The van der Waals surface area contributed by atoms with Crippen LogP contribution < -0.4 is 5.32 Å². The molecule has 1 aromatic heterocycles. The second-order valence-corrected chi connectivity index (χ2v) is 8.35. The van der Waals surface area contributed by atoms with E-state index in [1.807, 2.05) is 17.0 Å². The molecule has 0 atom stereocenters. The molecule has 1 N–H and O–H groups in total. The number of anilines is 1. The molecule has 2 aromatic rings. The Hall–Kier alpha value is -2.35. The lowest BCUT2D eigenvalue weighted by Gasteiger charge is -2.36. The van der Waals surface area contributed by atoms with Crippen molar-refractivity contribution in [3.05, 3.63) is 23.2 Å². The number of hydrogen-bond acceptors (Lipinski definition) is 5. The fourth-order valence-electron chi connectivity index (χ4n) is 3.02. The van der Waals surface area contributed by atoms with Crippen molar-refractivity contribution in [2.45, 2.75) is 19.8 Å². The third kappa shape index (κ3) is 4.50. The van der Waals surface area contributed by atoms with Gasteiger partial charge in [0.05, 0.1) is 21.8 Å². The average Bonchev–Trinajstić information content (AvgIpc) is 3.09. The van der Waals surface area contributed by atoms with Crippen molar-refractivity contribution in [2.75, 3.05) is 52.1 Å². The number of amides is 3. The van der Waals surface area contributed by atoms with E-state index in [1.54, 1.807) is 35.2 Å². The molecule has 0 aliphatic carbocycles. The summed E-state index contributed by atoms with van der Waals surface area (Å²) in [6, 6.07) is 6.02. The van der Waals surface area contributed by atoms with E-state index in [1.165, 1.54) is 0 Å². The highest BCUT2D eigenvalue weighted by Gasteiger charge is 2.24. The van der Waals surface area contributed by atoms with Crippen LogP contribution in [-0.2, 0) is 4.79 Å². The Morgan fingerprint density at radius 3 is 2.48 bits per heavy atom. The molecule has 146 valence electrons. The van der Waals surface area contributed by atoms with Crippen LogP contribution in [-0.4, -0.2) is 78.4 Å². The number of hydrogen-bond donors (Lipinski definition) is 1. The minimum absolute atomic E-state index is 0.00106. The normalized spacial score (nSPS) is 14.7.